The van der Waals surface area contributed by atoms with Gasteiger partial charge in [0.2, 0.25) is 0 Å². The number of methoxy groups -OCH3 is 2. The Balaban J connectivity index is 1.39. The summed E-state index contributed by atoms with van der Waals surface area (Å²) in [5.74, 6) is 2.09. The molecule has 2 aromatic carbocycles. The van der Waals surface area contributed by atoms with Gasteiger partial charge in [-0.05, 0) is 72.6 Å². The molecule has 0 unspecified atom stereocenters. The molecule has 1 N–H and O–H groups in total. The van der Waals surface area contributed by atoms with E-state index in [4.69, 9.17) is 14.2 Å². The zero-order valence-electron chi connectivity index (χ0n) is 19.0. The Kier molecular flexibility index (Phi) is 6.11. The zero-order valence-corrected chi connectivity index (χ0v) is 19.0. The van der Waals surface area contributed by atoms with Crippen LogP contribution in [-0.2, 0) is 9.47 Å². The second-order valence-corrected chi connectivity index (χ2v) is 9.21. The Morgan fingerprint density at radius 3 is 2.31 bits per heavy atom. The van der Waals surface area contributed by atoms with Crippen molar-refractivity contribution in [3.8, 4) is 11.5 Å². The number of benzene rings is 2. The highest BCUT2D eigenvalue weighted by Crippen LogP contribution is 2.45. The third kappa shape index (κ3) is 4.00. The molecule has 1 aliphatic carbocycles. The number of aromatic hydroxyl groups is 1. The molecule has 5 rings (SSSR count). The molecule has 0 atom stereocenters. The van der Waals surface area contributed by atoms with Crippen LogP contribution in [0.25, 0.3) is 5.57 Å². The molecule has 1 saturated carbocycles. The van der Waals surface area contributed by atoms with Crippen molar-refractivity contribution in [3.63, 3.8) is 0 Å². The van der Waals surface area contributed by atoms with Gasteiger partial charge in [0.15, 0.2) is 6.29 Å². The smallest absolute Gasteiger partial charge is 0.159 e. The van der Waals surface area contributed by atoms with Crippen molar-refractivity contribution in [1.82, 2.24) is 0 Å². The van der Waals surface area contributed by atoms with E-state index in [1.807, 2.05) is 6.07 Å². The summed E-state index contributed by atoms with van der Waals surface area (Å²) in [6.07, 6.45) is 5.81. The van der Waals surface area contributed by atoms with Crippen molar-refractivity contribution in [2.45, 2.75) is 38.4 Å². The molecule has 1 saturated heterocycles. The maximum absolute atomic E-state index is 9.93. The minimum Gasteiger partial charge on any atom is -0.508 e. The van der Waals surface area contributed by atoms with Crippen molar-refractivity contribution < 1.29 is 19.3 Å². The number of nitrogens with zero attached hydrogens (tertiary/aromatic N) is 1. The number of hydrogen-bond acceptors (Lipinski definition) is 5. The summed E-state index contributed by atoms with van der Waals surface area (Å²) in [5, 5.41) is 9.93. The highest BCUT2D eigenvalue weighted by atomic mass is 16.7. The molecule has 0 amide bonds. The molecule has 0 bridgehead atoms. The SMILES string of the molecule is COC(OC)C1CCN(c2ccc(C3=C(C4CCC4)COc4cc(O)ccc43)cc2)CC1. The summed E-state index contributed by atoms with van der Waals surface area (Å²) in [5.41, 5.74) is 6.30. The largest absolute Gasteiger partial charge is 0.508 e. The maximum Gasteiger partial charge on any atom is 0.159 e. The first-order valence-electron chi connectivity index (χ1n) is 11.8. The van der Waals surface area contributed by atoms with Gasteiger partial charge in [-0.3, -0.25) is 0 Å². The standard InChI is InChI=1S/C27H33NO4/c1-30-27(31-2)20-12-14-28(15-13-20)21-8-6-19(7-9-21)26-23-11-10-22(29)16-25(23)32-17-24(26)18-4-3-5-18/h6-11,16,18,20,27,29H,3-5,12-15,17H2,1-2H3. The number of rotatable bonds is 6. The van der Waals surface area contributed by atoms with Crippen LogP contribution in [0.15, 0.2) is 48.0 Å². The lowest BCUT2D eigenvalue weighted by atomic mass is 9.75. The molecule has 32 heavy (non-hydrogen) atoms. The van der Waals surface area contributed by atoms with E-state index in [1.54, 1.807) is 26.4 Å². The highest BCUT2D eigenvalue weighted by Gasteiger charge is 2.31. The van der Waals surface area contributed by atoms with Crippen LogP contribution in [0.3, 0.4) is 0 Å². The van der Waals surface area contributed by atoms with Crippen LogP contribution in [0.2, 0.25) is 0 Å². The van der Waals surface area contributed by atoms with Gasteiger partial charge in [0.1, 0.15) is 18.1 Å². The fourth-order valence-electron chi connectivity index (χ4n) is 5.41. The fourth-order valence-corrected chi connectivity index (χ4v) is 5.41. The Morgan fingerprint density at radius 2 is 1.69 bits per heavy atom. The van der Waals surface area contributed by atoms with E-state index in [9.17, 15) is 5.11 Å². The van der Waals surface area contributed by atoms with Gasteiger partial charge in [-0.15, -0.1) is 0 Å². The normalized spacial score (nSPS) is 19.7. The number of anilines is 1. The third-order valence-electron chi connectivity index (χ3n) is 7.45. The van der Waals surface area contributed by atoms with Gasteiger partial charge in [-0.25, -0.2) is 0 Å². The fraction of sp³-hybridized carbons (Fsp3) is 0.481. The molecule has 5 nitrogen and oxygen atoms in total. The minimum atomic E-state index is -0.107. The molecule has 0 radical (unpaired) electrons. The van der Waals surface area contributed by atoms with E-state index < -0.39 is 0 Å². The van der Waals surface area contributed by atoms with Gasteiger partial charge in [0.05, 0.1) is 0 Å². The van der Waals surface area contributed by atoms with Crippen LogP contribution in [0, 0.1) is 11.8 Å². The lowest BCUT2D eigenvalue weighted by Gasteiger charge is -2.36. The number of hydrogen-bond donors (Lipinski definition) is 1. The lowest BCUT2D eigenvalue weighted by molar-refractivity contribution is -0.141. The Morgan fingerprint density at radius 1 is 0.969 bits per heavy atom. The second kappa shape index (κ2) is 9.16. The first-order chi connectivity index (χ1) is 15.7. The molecular weight excluding hydrogens is 402 g/mol. The molecule has 0 spiro atoms. The molecular formula is C27H33NO4. The van der Waals surface area contributed by atoms with Crippen LogP contribution >= 0.6 is 0 Å². The van der Waals surface area contributed by atoms with Crippen molar-refractivity contribution >= 4 is 11.3 Å². The summed E-state index contributed by atoms with van der Waals surface area (Å²) in [7, 11) is 3.45. The number of piperidine rings is 1. The van der Waals surface area contributed by atoms with Crippen LogP contribution in [0.1, 0.15) is 43.2 Å². The number of ether oxygens (including phenoxy) is 3. The number of fused-ring (bicyclic) bond motifs is 1. The summed E-state index contributed by atoms with van der Waals surface area (Å²) in [6.45, 7) is 2.64. The third-order valence-corrected chi connectivity index (χ3v) is 7.45. The Bertz CT molecular complexity index is 968. The van der Waals surface area contributed by atoms with E-state index in [-0.39, 0.29) is 12.0 Å². The zero-order chi connectivity index (χ0) is 22.1. The number of phenols is 1. The average Bonchev–Trinajstić information content (AvgIpc) is 2.79. The van der Waals surface area contributed by atoms with Crippen LogP contribution < -0.4 is 9.64 Å². The summed E-state index contributed by atoms with van der Waals surface area (Å²) in [6, 6.07) is 14.5. The first-order valence-corrected chi connectivity index (χ1v) is 11.8. The van der Waals surface area contributed by atoms with E-state index >= 15 is 0 Å². The van der Waals surface area contributed by atoms with Gasteiger partial charge in [-0.2, -0.15) is 0 Å². The van der Waals surface area contributed by atoms with Crippen LogP contribution in [0.4, 0.5) is 5.69 Å². The predicted molar refractivity (Wildman–Crippen MR) is 126 cm³/mol. The quantitative estimate of drug-likeness (QED) is 0.631. The van der Waals surface area contributed by atoms with Gasteiger partial charge in [0.25, 0.3) is 0 Å². The van der Waals surface area contributed by atoms with Gasteiger partial charge in [-0.1, -0.05) is 18.6 Å². The predicted octanol–water partition coefficient (Wildman–Crippen LogP) is 5.22. The molecule has 2 aliphatic heterocycles. The maximum atomic E-state index is 9.93. The monoisotopic (exact) mass is 435 g/mol. The van der Waals surface area contributed by atoms with Crippen molar-refractivity contribution in [2.75, 3.05) is 38.8 Å². The van der Waals surface area contributed by atoms with Crippen molar-refractivity contribution in [3.05, 3.63) is 59.2 Å². The molecule has 170 valence electrons. The van der Waals surface area contributed by atoms with E-state index in [2.05, 4.69) is 29.2 Å². The molecule has 5 heteroatoms. The summed E-state index contributed by atoms with van der Waals surface area (Å²) < 4.78 is 17.0. The van der Waals surface area contributed by atoms with Crippen LogP contribution in [0.5, 0.6) is 11.5 Å². The number of phenolic OH excluding ortho intramolecular Hbond substituents is 1. The van der Waals surface area contributed by atoms with E-state index in [0.29, 0.717) is 18.4 Å². The lowest BCUT2D eigenvalue weighted by Crippen LogP contribution is -2.39. The topological polar surface area (TPSA) is 51.2 Å². The van der Waals surface area contributed by atoms with E-state index in [0.717, 1.165) is 37.2 Å². The molecule has 2 fully saturated rings. The van der Waals surface area contributed by atoms with Gasteiger partial charge in [0, 0.05) is 50.5 Å². The molecule has 3 aliphatic rings. The average molecular weight is 436 g/mol. The van der Waals surface area contributed by atoms with E-state index in [1.165, 1.54) is 41.7 Å². The second-order valence-electron chi connectivity index (χ2n) is 9.21. The summed E-state index contributed by atoms with van der Waals surface area (Å²) >= 11 is 0. The van der Waals surface area contributed by atoms with Crippen LogP contribution in [-0.4, -0.2) is 45.3 Å². The van der Waals surface area contributed by atoms with Gasteiger partial charge >= 0.3 is 0 Å². The highest BCUT2D eigenvalue weighted by molar-refractivity contribution is 5.87. The first kappa shape index (κ1) is 21.4. The molecule has 2 heterocycles. The Hall–Kier alpha value is -2.50. The summed E-state index contributed by atoms with van der Waals surface area (Å²) in [4.78, 5) is 2.46. The molecule has 2 aromatic rings. The van der Waals surface area contributed by atoms with Gasteiger partial charge < -0.3 is 24.2 Å². The Labute approximate surface area is 190 Å². The van der Waals surface area contributed by atoms with Crippen molar-refractivity contribution in [1.29, 1.82) is 0 Å². The minimum absolute atomic E-state index is 0.107. The molecule has 0 aromatic heterocycles. The van der Waals surface area contributed by atoms with Crippen molar-refractivity contribution in [2.24, 2.45) is 11.8 Å².